The smallest absolute Gasteiger partial charge is 0.136 e. The Morgan fingerprint density at radius 2 is 1.04 bits per heavy atom. The van der Waals surface area contributed by atoms with Gasteiger partial charge in [-0.15, -0.1) is 0 Å². The van der Waals surface area contributed by atoms with Crippen LogP contribution in [-0.2, 0) is 0 Å². The summed E-state index contributed by atoms with van der Waals surface area (Å²) >= 11 is 0. The van der Waals surface area contributed by atoms with Gasteiger partial charge in [0.05, 0.1) is 28.8 Å². The summed E-state index contributed by atoms with van der Waals surface area (Å²) in [4.78, 5) is 0. The molecule has 0 aliphatic carbocycles. The highest BCUT2D eigenvalue weighted by molar-refractivity contribution is 6.24. The minimum Gasteiger partial charge on any atom is -0.456 e. The van der Waals surface area contributed by atoms with Gasteiger partial charge in [0.15, 0.2) is 0 Å². The van der Waals surface area contributed by atoms with E-state index in [1.54, 1.807) is 18.2 Å². The summed E-state index contributed by atoms with van der Waals surface area (Å²) in [6.07, 6.45) is 0. The maximum atomic E-state index is 9.84. The second-order valence-electron chi connectivity index (χ2n) is 10.8. The molecular weight excluding hydrogens is 569 g/mol. The zero-order chi connectivity index (χ0) is 49.2. The van der Waals surface area contributed by atoms with Crippen molar-refractivity contribution < 1.29 is 33.2 Å². The van der Waals surface area contributed by atoms with Gasteiger partial charge < -0.3 is 4.42 Å². The van der Waals surface area contributed by atoms with Gasteiger partial charge in [-0.1, -0.05) is 139 Å². The first-order valence-corrected chi connectivity index (χ1v) is 14.5. The lowest BCUT2D eigenvalue weighted by atomic mass is 9.84. The molecule has 0 saturated heterocycles. The minimum absolute atomic E-state index is 0.00306. The molecule has 218 valence electrons. The molecule has 0 unspecified atom stereocenters. The number of hydrogen-bond donors (Lipinski definition) is 0. The second kappa shape index (κ2) is 10.2. The monoisotopic (exact) mass is 617 g/mol. The lowest BCUT2D eigenvalue weighted by Gasteiger charge is -2.18. The van der Waals surface area contributed by atoms with Crippen molar-refractivity contribution in [3.63, 3.8) is 0 Å². The van der Waals surface area contributed by atoms with Gasteiger partial charge in [0.1, 0.15) is 11.2 Å². The molecule has 0 aliphatic rings. The van der Waals surface area contributed by atoms with Crippen LogP contribution in [0, 0.1) is 0 Å². The van der Waals surface area contributed by atoms with Gasteiger partial charge in [0, 0.05) is 10.8 Å². The molecule has 10 rings (SSSR count). The Bertz CT molecular complexity index is 3960. The molecule has 0 aliphatic heterocycles. The van der Waals surface area contributed by atoms with E-state index in [0.29, 0.717) is 5.56 Å². The Morgan fingerprint density at radius 1 is 0.383 bits per heavy atom. The number of benzene rings is 9. The Hall–Kier alpha value is -6.18. The van der Waals surface area contributed by atoms with Crippen LogP contribution in [0.4, 0.5) is 0 Å². The molecule has 10 aromatic rings. The lowest BCUT2D eigenvalue weighted by molar-refractivity contribution is 0.669. The number of fused-ring (bicyclic) bond motifs is 7. The molecular formula is C46H28O. The molecule has 1 nitrogen and oxygen atoms in total. The van der Waals surface area contributed by atoms with Crippen LogP contribution in [0.1, 0.15) is 28.8 Å². The van der Waals surface area contributed by atoms with Gasteiger partial charge in [-0.2, -0.15) is 0 Å². The number of rotatable bonds is 3. The highest BCUT2D eigenvalue weighted by atomic mass is 16.3. The Balaban J connectivity index is 1.46. The van der Waals surface area contributed by atoms with E-state index in [1.807, 2.05) is 24.3 Å². The maximum absolute atomic E-state index is 9.84. The molecule has 0 spiro atoms. The molecule has 1 heterocycles. The van der Waals surface area contributed by atoms with E-state index in [4.69, 9.17) is 18.1 Å². The first-order chi connectivity index (χ1) is 32.1. The third kappa shape index (κ3) is 4.03. The summed E-state index contributed by atoms with van der Waals surface area (Å²) in [5.74, 6) is 0. The summed E-state index contributed by atoms with van der Waals surface area (Å²) in [5.41, 5.74) is -2.85. The van der Waals surface area contributed by atoms with Gasteiger partial charge >= 0.3 is 0 Å². The highest BCUT2D eigenvalue weighted by Gasteiger charge is 2.19. The third-order valence-corrected chi connectivity index (χ3v) is 8.24. The first-order valence-electron chi connectivity index (χ1n) is 25.0. The van der Waals surface area contributed by atoms with Crippen molar-refractivity contribution in [1.29, 1.82) is 0 Å². The topological polar surface area (TPSA) is 13.1 Å². The second-order valence-corrected chi connectivity index (χ2v) is 10.8. The number of furan rings is 1. The predicted molar refractivity (Wildman–Crippen MR) is 200 cm³/mol. The molecule has 0 fully saturated rings. The van der Waals surface area contributed by atoms with Crippen molar-refractivity contribution in [2.75, 3.05) is 0 Å². The molecule has 0 saturated carbocycles. The van der Waals surface area contributed by atoms with E-state index in [1.165, 1.54) is 0 Å². The predicted octanol–water partition coefficient (Wildman–Crippen LogP) is 13.2. The zero-order valence-electron chi connectivity index (χ0n) is 44.9. The van der Waals surface area contributed by atoms with E-state index in [2.05, 4.69) is 0 Å². The summed E-state index contributed by atoms with van der Waals surface area (Å²) in [5, 5.41) is -2.59. The van der Waals surface area contributed by atoms with Gasteiger partial charge in [-0.05, 0) is 107 Å². The summed E-state index contributed by atoms with van der Waals surface area (Å²) in [6.45, 7) is 0. The fraction of sp³-hybridized carbons (Fsp3) is 0. The van der Waals surface area contributed by atoms with Crippen LogP contribution in [0.2, 0.25) is 0 Å². The Morgan fingerprint density at radius 3 is 1.83 bits per heavy atom. The van der Waals surface area contributed by atoms with E-state index < -0.39 is 181 Å². The van der Waals surface area contributed by atoms with Crippen molar-refractivity contribution >= 4 is 65.0 Å². The van der Waals surface area contributed by atoms with Crippen molar-refractivity contribution in [2.45, 2.75) is 0 Å². The SMILES string of the molecule is [2H]c1c(-c2c3c([2H])c([2H])c([2H])c([2H])c3c(-c3c([2H])c([2H])c([2H])c4c([2H])c([2H])c([2H])c([2H])c34)c3c([2H])c([2H])c([2H])c([2H])c23)c([2H])c2c(oc3c([2H])c(-c4ccc5ccccc5c4)c([2H])c([2H])c32)c1[2H]. The van der Waals surface area contributed by atoms with Crippen molar-refractivity contribution in [3.05, 3.63) is 169 Å². The molecule has 1 heteroatoms. The molecule has 0 bridgehead atoms. The fourth-order valence-corrected chi connectivity index (χ4v) is 6.13. The van der Waals surface area contributed by atoms with E-state index in [9.17, 15) is 15.1 Å². The van der Waals surface area contributed by atoms with Crippen LogP contribution in [0.5, 0.6) is 0 Å². The summed E-state index contributed by atoms with van der Waals surface area (Å²) < 4.78 is 197. The molecule has 0 amide bonds. The molecule has 1 aromatic heterocycles. The highest BCUT2D eigenvalue weighted by Crippen LogP contribution is 2.46. The zero-order valence-corrected chi connectivity index (χ0v) is 23.9. The summed E-state index contributed by atoms with van der Waals surface area (Å²) in [7, 11) is 0. The molecule has 0 radical (unpaired) electrons. The van der Waals surface area contributed by atoms with Crippen LogP contribution in [0.15, 0.2) is 174 Å². The van der Waals surface area contributed by atoms with Crippen LogP contribution in [0.3, 0.4) is 0 Å². The maximum Gasteiger partial charge on any atom is 0.136 e. The molecule has 0 atom stereocenters. The third-order valence-electron chi connectivity index (χ3n) is 8.24. The Kier molecular flexibility index (Phi) is 2.79. The van der Waals surface area contributed by atoms with Crippen LogP contribution in [-0.4, -0.2) is 0 Å². The van der Waals surface area contributed by atoms with Crippen molar-refractivity contribution in [1.82, 2.24) is 0 Å². The average Bonchev–Trinajstić information content (AvgIpc) is 3.74. The van der Waals surface area contributed by atoms with Crippen LogP contribution >= 0.6 is 0 Å². The minimum atomic E-state index is -0.905. The first kappa shape index (κ1) is 12.9. The lowest BCUT2D eigenvalue weighted by Crippen LogP contribution is -1.91. The standard InChI is InChI=1S/C46H28O/c1-2-12-31-26-32(21-20-29(31)10-1)33-22-24-36-42-27-34(23-25-43(42)47-44(36)28-33)45-38-15-5-7-17-40(38)46(41-18-8-6-16-39(41)45)37-19-9-13-30-11-3-4-14-35(30)37/h1-28H/i3D,4D,5D,6D,7D,8D,9D,11D,13D,14D,15D,16D,17D,18D,19D,22D,23D,24D,25D,27D,28D. The van der Waals surface area contributed by atoms with Crippen LogP contribution in [0.25, 0.3) is 98.4 Å². The normalized spacial score (nSPS) is 18.1. The van der Waals surface area contributed by atoms with Gasteiger partial charge in [0.2, 0.25) is 0 Å². The largest absolute Gasteiger partial charge is 0.456 e. The molecule has 9 aromatic carbocycles. The van der Waals surface area contributed by atoms with Gasteiger partial charge in [0.25, 0.3) is 0 Å². The molecule has 47 heavy (non-hydrogen) atoms. The van der Waals surface area contributed by atoms with Crippen molar-refractivity contribution in [3.8, 4) is 33.4 Å². The average molecular weight is 618 g/mol. The van der Waals surface area contributed by atoms with E-state index >= 15 is 0 Å². The van der Waals surface area contributed by atoms with Gasteiger partial charge in [-0.25, -0.2) is 0 Å². The van der Waals surface area contributed by atoms with Crippen LogP contribution < -0.4 is 0 Å². The number of hydrogen-bond acceptors (Lipinski definition) is 1. The quantitative estimate of drug-likeness (QED) is 0.180. The van der Waals surface area contributed by atoms with E-state index in [0.717, 1.165) is 10.8 Å². The molecule has 0 N–H and O–H groups in total. The van der Waals surface area contributed by atoms with Gasteiger partial charge in [-0.3, -0.25) is 0 Å². The van der Waals surface area contributed by atoms with E-state index in [-0.39, 0.29) is 28.0 Å². The van der Waals surface area contributed by atoms with Crippen molar-refractivity contribution in [2.24, 2.45) is 0 Å². The summed E-state index contributed by atoms with van der Waals surface area (Å²) in [6, 6.07) is -4.19. The fourth-order valence-electron chi connectivity index (χ4n) is 6.13. The Labute approximate surface area is 301 Å².